The van der Waals surface area contributed by atoms with Crippen LogP contribution in [0.1, 0.15) is 86.2 Å². The minimum Gasteiger partial charge on any atom is -0.423 e. The van der Waals surface area contributed by atoms with Crippen LogP contribution in [0, 0.1) is 0 Å². The largest absolute Gasteiger partial charge is 0.423 e. The van der Waals surface area contributed by atoms with Crippen molar-refractivity contribution in [3.63, 3.8) is 0 Å². The molecule has 2 saturated heterocycles. The molecule has 0 saturated carbocycles. The Balaban J connectivity index is 1.56. The number of carbonyl (C=O) groups is 1. The molecule has 0 spiro atoms. The van der Waals surface area contributed by atoms with Gasteiger partial charge in [-0.2, -0.15) is 5.10 Å². The molecule has 0 aliphatic carbocycles. The summed E-state index contributed by atoms with van der Waals surface area (Å²) in [6.45, 7) is 6.21. The highest BCUT2D eigenvalue weighted by Crippen LogP contribution is 2.34. The topological polar surface area (TPSA) is 86.3 Å². The summed E-state index contributed by atoms with van der Waals surface area (Å²) in [5.41, 5.74) is 0.612. The number of amides is 1. The summed E-state index contributed by atoms with van der Waals surface area (Å²) in [7, 11) is 0. The van der Waals surface area contributed by atoms with E-state index in [2.05, 4.69) is 15.3 Å². The Labute approximate surface area is 158 Å². The van der Waals surface area contributed by atoms with Crippen molar-refractivity contribution in [2.24, 2.45) is 0 Å². The van der Waals surface area contributed by atoms with Gasteiger partial charge in [0.05, 0.1) is 0 Å². The number of nitrogens with zero attached hydrogens (tertiary/aromatic N) is 5. The molecule has 0 bridgehead atoms. The third kappa shape index (κ3) is 3.63. The van der Waals surface area contributed by atoms with Gasteiger partial charge in [-0.25, -0.2) is 0 Å². The van der Waals surface area contributed by atoms with Gasteiger partial charge in [0.1, 0.15) is 11.7 Å². The standard InChI is InChI=1S/C19H27N5O3/c1-13(2)24-16(6-9-20-24)19(25)23-10-4-3-5-15(23)18-22-21-17(27-18)14-7-11-26-12-8-14/h6,9,13-15H,3-5,7-8,10-12H2,1-2H3. The van der Waals surface area contributed by atoms with Gasteiger partial charge < -0.3 is 14.1 Å². The molecule has 0 aromatic carbocycles. The van der Waals surface area contributed by atoms with Gasteiger partial charge in [0.15, 0.2) is 0 Å². The van der Waals surface area contributed by atoms with Crippen LogP contribution in [0.15, 0.2) is 16.7 Å². The van der Waals surface area contributed by atoms with Crippen molar-refractivity contribution >= 4 is 5.91 Å². The smallest absolute Gasteiger partial charge is 0.272 e. The van der Waals surface area contributed by atoms with E-state index in [0.29, 0.717) is 24.0 Å². The molecule has 8 heteroatoms. The first-order chi connectivity index (χ1) is 13.1. The molecule has 4 rings (SSSR count). The fourth-order valence-corrected chi connectivity index (χ4v) is 3.96. The van der Waals surface area contributed by atoms with Crippen molar-refractivity contribution in [2.75, 3.05) is 19.8 Å². The van der Waals surface area contributed by atoms with Crippen molar-refractivity contribution < 1.29 is 13.9 Å². The zero-order valence-corrected chi connectivity index (χ0v) is 16.0. The Morgan fingerprint density at radius 3 is 2.70 bits per heavy atom. The molecule has 2 aromatic heterocycles. The van der Waals surface area contributed by atoms with Crippen LogP contribution in [-0.2, 0) is 4.74 Å². The predicted octanol–water partition coefficient (Wildman–Crippen LogP) is 3.11. The van der Waals surface area contributed by atoms with Gasteiger partial charge in [0, 0.05) is 37.9 Å². The highest BCUT2D eigenvalue weighted by atomic mass is 16.5. The van der Waals surface area contributed by atoms with Crippen LogP contribution in [0.25, 0.3) is 0 Å². The van der Waals surface area contributed by atoms with Crippen molar-refractivity contribution in [3.05, 3.63) is 29.7 Å². The Kier molecular flexibility index (Phi) is 5.24. The average molecular weight is 373 g/mol. The highest BCUT2D eigenvalue weighted by Gasteiger charge is 2.34. The Morgan fingerprint density at radius 2 is 1.93 bits per heavy atom. The number of piperidine rings is 1. The Bertz CT molecular complexity index is 778. The fourth-order valence-electron chi connectivity index (χ4n) is 3.96. The van der Waals surface area contributed by atoms with Gasteiger partial charge >= 0.3 is 0 Å². The molecule has 1 amide bonds. The van der Waals surface area contributed by atoms with Crippen LogP contribution in [-0.4, -0.2) is 50.5 Å². The minimum absolute atomic E-state index is 0.0169. The van der Waals surface area contributed by atoms with Crippen LogP contribution in [0.4, 0.5) is 0 Å². The molecule has 2 fully saturated rings. The van der Waals surface area contributed by atoms with Gasteiger partial charge in [-0.3, -0.25) is 9.48 Å². The van der Waals surface area contributed by atoms with E-state index in [9.17, 15) is 4.79 Å². The highest BCUT2D eigenvalue weighted by molar-refractivity contribution is 5.92. The van der Waals surface area contributed by atoms with Crippen molar-refractivity contribution in [2.45, 2.75) is 64.0 Å². The molecule has 2 aromatic rings. The second-order valence-electron chi connectivity index (χ2n) is 7.63. The number of aromatic nitrogens is 4. The number of rotatable bonds is 4. The Hall–Kier alpha value is -2.22. The summed E-state index contributed by atoms with van der Waals surface area (Å²) in [5, 5.41) is 12.9. The summed E-state index contributed by atoms with van der Waals surface area (Å²) in [5.74, 6) is 1.48. The number of carbonyl (C=O) groups excluding carboxylic acids is 1. The van der Waals surface area contributed by atoms with Crippen molar-refractivity contribution in [1.29, 1.82) is 0 Å². The summed E-state index contributed by atoms with van der Waals surface area (Å²) < 4.78 is 13.2. The third-order valence-electron chi connectivity index (χ3n) is 5.45. The second kappa shape index (κ2) is 7.80. The molecule has 0 radical (unpaired) electrons. The normalized spacial score (nSPS) is 21.7. The van der Waals surface area contributed by atoms with E-state index in [-0.39, 0.29) is 23.9 Å². The van der Waals surface area contributed by atoms with E-state index in [1.165, 1.54) is 0 Å². The maximum Gasteiger partial charge on any atom is 0.272 e. The van der Waals surface area contributed by atoms with Gasteiger partial charge in [-0.1, -0.05) is 0 Å². The molecule has 2 aliphatic rings. The predicted molar refractivity (Wildman–Crippen MR) is 97.3 cm³/mol. The van der Waals surface area contributed by atoms with E-state index in [1.807, 2.05) is 18.7 Å². The van der Waals surface area contributed by atoms with Gasteiger partial charge in [-0.15, -0.1) is 10.2 Å². The van der Waals surface area contributed by atoms with E-state index < -0.39 is 0 Å². The van der Waals surface area contributed by atoms with Gasteiger partial charge in [0.2, 0.25) is 11.8 Å². The number of hydrogen-bond donors (Lipinski definition) is 0. The molecular formula is C19H27N5O3. The molecule has 0 N–H and O–H groups in total. The van der Waals surface area contributed by atoms with Gasteiger partial charge in [0.25, 0.3) is 5.91 Å². The maximum atomic E-state index is 13.2. The third-order valence-corrected chi connectivity index (χ3v) is 5.45. The lowest BCUT2D eigenvalue weighted by Crippen LogP contribution is -2.39. The minimum atomic E-state index is -0.164. The van der Waals surface area contributed by atoms with Crippen molar-refractivity contribution in [3.8, 4) is 0 Å². The van der Waals surface area contributed by atoms with Crippen LogP contribution in [0.2, 0.25) is 0 Å². The lowest BCUT2D eigenvalue weighted by Gasteiger charge is -2.33. The summed E-state index contributed by atoms with van der Waals surface area (Å²) >= 11 is 0. The van der Waals surface area contributed by atoms with Crippen LogP contribution in [0.5, 0.6) is 0 Å². The van der Waals surface area contributed by atoms with E-state index in [0.717, 1.165) is 45.3 Å². The van der Waals surface area contributed by atoms with E-state index in [1.54, 1.807) is 16.9 Å². The molecule has 4 heterocycles. The lowest BCUT2D eigenvalue weighted by molar-refractivity contribution is 0.0547. The lowest BCUT2D eigenvalue weighted by atomic mass is 10.0. The monoisotopic (exact) mass is 373 g/mol. The SMILES string of the molecule is CC(C)n1nccc1C(=O)N1CCCCC1c1nnc(C2CCOCC2)o1. The number of ether oxygens (including phenoxy) is 1. The first-order valence-corrected chi connectivity index (χ1v) is 9.90. The van der Waals surface area contributed by atoms with Crippen LogP contribution < -0.4 is 0 Å². The van der Waals surface area contributed by atoms with Gasteiger partial charge in [-0.05, 0) is 52.0 Å². The first-order valence-electron chi connectivity index (χ1n) is 9.90. The molecular weight excluding hydrogens is 346 g/mol. The molecule has 8 nitrogen and oxygen atoms in total. The van der Waals surface area contributed by atoms with Crippen LogP contribution in [0.3, 0.4) is 0 Å². The zero-order valence-electron chi connectivity index (χ0n) is 16.0. The summed E-state index contributed by atoms with van der Waals surface area (Å²) in [6, 6.07) is 1.75. The quantitative estimate of drug-likeness (QED) is 0.818. The second-order valence-corrected chi connectivity index (χ2v) is 7.63. The molecule has 27 heavy (non-hydrogen) atoms. The van der Waals surface area contributed by atoms with Crippen LogP contribution >= 0.6 is 0 Å². The molecule has 1 unspecified atom stereocenters. The molecule has 1 atom stereocenters. The van der Waals surface area contributed by atoms with E-state index in [4.69, 9.17) is 9.15 Å². The molecule has 146 valence electrons. The maximum absolute atomic E-state index is 13.2. The fraction of sp³-hybridized carbons (Fsp3) is 0.684. The molecule has 2 aliphatic heterocycles. The average Bonchev–Trinajstić information content (AvgIpc) is 3.38. The van der Waals surface area contributed by atoms with E-state index >= 15 is 0 Å². The number of hydrogen-bond acceptors (Lipinski definition) is 6. The Morgan fingerprint density at radius 1 is 1.15 bits per heavy atom. The summed E-state index contributed by atoms with van der Waals surface area (Å²) in [6.07, 6.45) is 6.37. The van der Waals surface area contributed by atoms with Crippen molar-refractivity contribution in [1.82, 2.24) is 24.9 Å². The zero-order chi connectivity index (χ0) is 18.8. The first kappa shape index (κ1) is 18.2. The summed E-state index contributed by atoms with van der Waals surface area (Å²) in [4.78, 5) is 15.1. The number of likely N-dealkylation sites (tertiary alicyclic amines) is 1.